The largest absolute Gasteiger partial charge is 0.435 e. The third-order valence-electron chi connectivity index (χ3n) is 2.68. The Morgan fingerprint density at radius 3 is 2.18 bits per heavy atom. The second kappa shape index (κ2) is 6.42. The topological polar surface area (TPSA) is 21.3 Å². The van der Waals surface area contributed by atoms with Gasteiger partial charge in [-0.25, -0.2) is 0 Å². The Bertz CT molecular complexity index is 325. The number of halogens is 2. The summed E-state index contributed by atoms with van der Waals surface area (Å²) in [5, 5.41) is 3.37. The summed E-state index contributed by atoms with van der Waals surface area (Å²) >= 11 is 0. The van der Waals surface area contributed by atoms with Crippen LogP contribution in [-0.4, -0.2) is 12.7 Å². The lowest BCUT2D eigenvalue weighted by Crippen LogP contribution is -2.24. The van der Waals surface area contributed by atoms with Gasteiger partial charge in [0.15, 0.2) is 0 Å². The van der Waals surface area contributed by atoms with Crippen LogP contribution in [0.3, 0.4) is 0 Å². The highest BCUT2D eigenvalue weighted by Crippen LogP contribution is 2.20. The fraction of sp³-hybridized carbons (Fsp3) is 0.538. The van der Waals surface area contributed by atoms with Crippen LogP contribution in [0.25, 0.3) is 0 Å². The van der Waals surface area contributed by atoms with Gasteiger partial charge in [-0.3, -0.25) is 0 Å². The van der Waals surface area contributed by atoms with Gasteiger partial charge in [-0.2, -0.15) is 8.78 Å². The molecule has 1 N–H and O–H groups in total. The molecule has 0 aliphatic heterocycles. The van der Waals surface area contributed by atoms with Crippen LogP contribution in [0.2, 0.25) is 0 Å². The van der Waals surface area contributed by atoms with Gasteiger partial charge in [0.05, 0.1) is 0 Å². The predicted octanol–water partition coefficient (Wildman–Crippen LogP) is 4.13. The number of rotatable bonds is 6. The standard InChI is InChI=1S/C13H19F2NO/c1-4-12(9(2)3)16-10-5-7-11(8-6-10)17-13(14)15/h5-9,12-13,16H,4H2,1-3H3. The van der Waals surface area contributed by atoms with E-state index in [0.717, 1.165) is 12.1 Å². The van der Waals surface area contributed by atoms with E-state index in [2.05, 4.69) is 30.8 Å². The predicted molar refractivity (Wildman–Crippen MR) is 65.6 cm³/mol. The van der Waals surface area contributed by atoms with Crippen molar-refractivity contribution in [2.24, 2.45) is 5.92 Å². The molecule has 1 aromatic rings. The lowest BCUT2D eigenvalue weighted by Gasteiger charge is -2.22. The zero-order chi connectivity index (χ0) is 12.8. The Balaban J connectivity index is 2.61. The van der Waals surface area contributed by atoms with Crippen LogP contribution in [0.4, 0.5) is 14.5 Å². The summed E-state index contributed by atoms with van der Waals surface area (Å²) < 4.78 is 28.2. The average molecular weight is 243 g/mol. The first-order chi connectivity index (χ1) is 8.02. The molecule has 4 heteroatoms. The highest BCUT2D eigenvalue weighted by Gasteiger charge is 2.10. The Morgan fingerprint density at radius 2 is 1.76 bits per heavy atom. The molecule has 17 heavy (non-hydrogen) atoms. The molecular weight excluding hydrogens is 224 g/mol. The van der Waals surface area contributed by atoms with Gasteiger partial charge < -0.3 is 10.1 Å². The molecule has 1 aromatic carbocycles. The maximum atomic E-state index is 12.0. The molecule has 1 rings (SSSR count). The van der Waals surface area contributed by atoms with Crippen molar-refractivity contribution in [2.75, 3.05) is 5.32 Å². The van der Waals surface area contributed by atoms with Crippen LogP contribution in [0.5, 0.6) is 5.75 Å². The normalized spacial score (nSPS) is 12.9. The number of hydrogen-bond acceptors (Lipinski definition) is 2. The molecule has 0 fully saturated rings. The van der Waals surface area contributed by atoms with Crippen molar-refractivity contribution in [3.63, 3.8) is 0 Å². The van der Waals surface area contributed by atoms with Gasteiger partial charge in [0.25, 0.3) is 0 Å². The Kier molecular flexibility index (Phi) is 5.19. The van der Waals surface area contributed by atoms with Crippen LogP contribution in [0, 0.1) is 5.92 Å². The molecular formula is C13H19F2NO. The molecule has 0 saturated heterocycles. The fourth-order valence-corrected chi connectivity index (χ4v) is 1.69. The molecule has 0 aromatic heterocycles. The molecule has 1 atom stereocenters. The first-order valence-corrected chi connectivity index (χ1v) is 5.84. The molecule has 0 aliphatic carbocycles. The number of nitrogens with one attached hydrogen (secondary N) is 1. The van der Waals surface area contributed by atoms with Crippen molar-refractivity contribution in [2.45, 2.75) is 39.8 Å². The Morgan fingerprint density at radius 1 is 1.18 bits per heavy atom. The van der Waals surface area contributed by atoms with E-state index in [1.165, 1.54) is 0 Å². The first kappa shape index (κ1) is 13.7. The zero-order valence-corrected chi connectivity index (χ0v) is 10.4. The summed E-state index contributed by atoms with van der Waals surface area (Å²) in [4.78, 5) is 0. The summed E-state index contributed by atoms with van der Waals surface area (Å²) in [6, 6.07) is 6.98. The van der Waals surface area contributed by atoms with Crippen molar-refractivity contribution < 1.29 is 13.5 Å². The van der Waals surface area contributed by atoms with Crippen LogP contribution in [0.15, 0.2) is 24.3 Å². The van der Waals surface area contributed by atoms with E-state index in [0.29, 0.717) is 12.0 Å². The number of alkyl halides is 2. The minimum Gasteiger partial charge on any atom is -0.435 e. The molecule has 0 aliphatic rings. The van der Waals surface area contributed by atoms with E-state index in [4.69, 9.17) is 0 Å². The molecule has 0 bridgehead atoms. The lowest BCUT2D eigenvalue weighted by molar-refractivity contribution is -0.0498. The summed E-state index contributed by atoms with van der Waals surface area (Å²) in [5.74, 6) is 0.708. The minimum absolute atomic E-state index is 0.183. The number of ether oxygens (including phenoxy) is 1. The Labute approximate surface area is 101 Å². The summed E-state index contributed by atoms with van der Waals surface area (Å²) in [5.41, 5.74) is 0.923. The van der Waals surface area contributed by atoms with Crippen LogP contribution < -0.4 is 10.1 Å². The van der Waals surface area contributed by atoms with Gasteiger partial charge in [0.2, 0.25) is 0 Å². The van der Waals surface area contributed by atoms with E-state index in [1.54, 1.807) is 24.3 Å². The molecule has 1 unspecified atom stereocenters. The minimum atomic E-state index is -2.77. The van der Waals surface area contributed by atoms with Crippen molar-refractivity contribution in [1.82, 2.24) is 0 Å². The highest BCUT2D eigenvalue weighted by atomic mass is 19.3. The maximum Gasteiger partial charge on any atom is 0.387 e. The summed E-state index contributed by atoms with van der Waals surface area (Å²) in [7, 11) is 0. The van der Waals surface area contributed by atoms with Crippen molar-refractivity contribution in [3.05, 3.63) is 24.3 Å². The second-order valence-electron chi connectivity index (χ2n) is 4.31. The lowest BCUT2D eigenvalue weighted by atomic mass is 10.0. The zero-order valence-electron chi connectivity index (χ0n) is 10.4. The van der Waals surface area contributed by atoms with Crippen molar-refractivity contribution >= 4 is 5.69 Å². The van der Waals surface area contributed by atoms with E-state index < -0.39 is 6.61 Å². The molecule has 96 valence electrons. The average Bonchev–Trinajstić information content (AvgIpc) is 2.26. The SMILES string of the molecule is CCC(Nc1ccc(OC(F)F)cc1)C(C)C. The number of hydrogen-bond donors (Lipinski definition) is 1. The maximum absolute atomic E-state index is 12.0. The number of benzene rings is 1. The third kappa shape index (κ3) is 4.59. The van der Waals surface area contributed by atoms with Gasteiger partial charge in [-0.1, -0.05) is 20.8 Å². The third-order valence-corrected chi connectivity index (χ3v) is 2.68. The van der Waals surface area contributed by atoms with Gasteiger partial charge in [0.1, 0.15) is 5.75 Å². The van der Waals surface area contributed by atoms with E-state index in [1.807, 2.05) is 0 Å². The molecule has 0 saturated carbocycles. The van der Waals surface area contributed by atoms with E-state index in [-0.39, 0.29) is 5.75 Å². The fourth-order valence-electron chi connectivity index (χ4n) is 1.69. The van der Waals surface area contributed by atoms with Gasteiger partial charge in [0, 0.05) is 11.7 Å². The number of anilines is 1. The molecule has 0 amide bonds. The molecule has 2 nitrogen and oxygen atoms in total. The van der Waals surface area contributed by atoms with Crippen molar-refractivity contribution in [1.29, 1.82) is 0 Å². The monoisotopic (exact) mass is 243 g/mol. The highest BCUT2D eigenvalue weighted by molar-refractivity contribution is 5.47. The van der Waals surface area contributed by atoms with Crippen molar-refractivity contribution in [3.8, 4) is 5.75 Å². The second-order valence-corrected chi connectivity index (χ2v) is 4.31. The quantitative estimate of drug-likeness (QED) is 0.811. The molecule has 0 spiro atoms. The van der Waals surface area contributed by atoms with E-state index in [9.17, 15) is 8.78 Å². The summed E-state index contributed by atoms with van der Waals surface area (Å²) in [6.45, 7) is 3.64. The summed E-state index contributed by atoms with van der Waals surface area (Å²) in [6.07, 6.45) is 1.02. The first-order valence-electron chi connectivity index (χ1n) is 5.84. The van der Waals surface area contributed by atoms with Gasteiger partial charge in [-0.05, 0) is 36.6 Å². The molecule has 0 radical (unpaired) electrons. The van der Waals surface area contributed by atoms with Crippen LogP contribution in [-0.2, 0) is 0 Å². The van der Waals surface area contributed by atoms with Gasteiger partial charge >= 0.3 is 6.61 Å². The van der Waals surface area contributed by atoms with Crippen LogP contribution >= 0.6 is 0 Å². The Hall–Kier alpha value is -1.32. The molecule has 0 heterocycles. The van der Waals surface area contributed by atoms with Gasteiger partial charge in [-0.15, -0.1) is 0 Å². The smallest absolute Gasteiger partial charge is 0.387 e. The van der Waals surface area contributed by atoms with E-state index >= 15 is 0 Å². The van der Waals surface area contributed by atoms with Crippen LogP contribution in [0.1, 0.15) is 27.2 Å².